The number of rotatable bonds is 11. The minimum absolute atomic E-state index is 0.0607. The number of hydrogen-bond acceptors (Lipinski definition) is 7. The SMILES string of the molecule is CCC(C)Oc1ccc(-c2nnc(CCC(=O)NCCN3CCCCC3)c(=O)[nH]2)cc1OC. The third-order valence-corrected chi connectivity index (χ3v) is 5.89. The van der Waals surface area contributed by atoms with Crippen molar-refractivity contribution in [3.8, 4) is 22.9 Å². The van der Waals surface area contributed by atoms with E-state index in [1.165, 1.54) is 19.3 Å². The highest BCUT2D eigenvalue weighted by molar-refractivity contribution is 5.76. The molecule has 33 heavy (non-hydrogen) atoms. The molecule has 180 valence electrons. The Morgan fingerprint density at radius 2 is 2.00 bits per heavy atom. The molecule has 1 atom stereocenters. The number of aryl methyl sites for hydroxylation is 1. The normalized spacial score (nSPS) is 15.1. The Kier molecular flexibility index (Phi) is 9.24. The van der Waals surface area contributed by atoms with Crippen LogP contribution in [0.2, 0.25) is 0 Å². The van der Waals surface area contributed by atoms with Gasteiger partial charge in [-0.05, 0) is 57.5 Å². The van der Waals surface area contributed by atoms with Crippen LogP contribution in [0.3, 0.4) is 0 Å². The van der Waals surface area contributed by atoms with Crippen LogP contribution >= 0.6 is 0 Å². The van der Waals surface area contributed by atoms with Crippen LogP contribution < -0.4 is 20.3 Å². The summed E-state index contributed by atoms with van der Waals surface area (Å²) in [6.45, 7) is 7.74. The molecule has 1 saturated heterocycles. The number of nitrogens with zero attached hydrogens (tertiary/aromatic N) is 3. The fourth-order valence-electron chi connectivity index (χ4n) is 3.72. The van der Waals surface area contributed by atoms with Gasteiger partial charge in [0, 0.05) is 31.5 Å². The van der Waals surface area contributed by atoms with Crippen molar-refractivity contribution in [1.82, 2.24) is 25.4 Å². The van der Waals surface area contributed by atoms with E-state index in [-0.39, 0.29) is 36.1 Å². The third-order valence-electron chi connectivity index (χ3n) is 5.89. The van der Waals surface area contributed by atoms with Crippen molar-refractivity contribution in [3.63, 3.8) is 0 Å². The Hall–Kier alpha value is -2.94. The zero-order valence-corrected chi connectivity index (χ0v) is 19.9. The molecule has 2 aromatic rings. The molecule has 1 unspecified atom stereocenters. The van der Waals surface area contributed by atoms with Crippen LogP contribution in [0.4, 0.5) is 0 Å². The van der Waals surface area contributed by atoms with Crippen molar-refractivity contribution >= 4 is 5.91 Å². The number of aromatic amines is 1. The lowest BCUT2D eigenvalue weighted by Crippen LogP contribution is -2.37. The van der Waals surface area contributed by atoms with Gasteiger partial charge in [-0.15, -0.1) is 10.2 Å². The number of aromatic nitrogens is 3. The van der Waals surface area contributed by atoms with E-state index in [9.17, 15) is 9.59 Å². The fourth-order valence-corrected chi connectivity index (χ4v) is 3.72. The minimum Gasteiger partial charge on any atom is -0.493 e. The first-order valence-electron chi connectivity index (χ1n) is 11.8. The van der Waals surface area contributed by atoms with Gasteiger partial charge in [0.25, 0.3) is 5.56 Å². The van der Waals surface area contributed by atoms with Gasteiger partial charge in [0.15, 0.2) is 17.3 Å². The zero-order valence-electron chi connectivity index (χ0n) is 19.9. The summed E-state index contributed by atoms with van der Waals surface area (Å²) < 4.78 is 11.3. The van der Waals surface area contributed by atoms with E-state index < -0.39 is 0 Å². The third kappa shape index (κ3) is 7.28. The molecule has 2 heterocycles. The lowest BCUT2D eigenvalue weighted by Gasteiger charge is -2.26. The van der Waals surface area contributed by atoms with Gasteiger partial charge < -0.3 is 24.7 Å². The van der Waals surface area contributed by atoms with Gasteiger partial charge in [0.1, 0.15) is 5.69 Å². The van der Waals surface area contributed by atoms with E-state index in [2.05, 4.69) is 25.4 Å². The molecular weight excluding hydrogens is 422 g/mol. The Bertz CT molecular complexity index is 972. The first kappa shape index (κ1) is 24.7. The van der Waals surface area contributed by atoms with Crippen molar-refractivity contribution in [1.29, 1.82) is 0 Å². The quantitative estimate of drug-likeness (QED) is 0.534. The predicted molar refractivity (Wildman–Crippen MR) is 127 cm³/mol. The van der Waals surface area contributed by atoms with Crippen LogP contribution in [-0.4, -0.2) is 65.4 Å². The second kappa shape index (κ2) is 12.3. The minimum atomic E-state index is -0.347. The molecule has 9 heteroatoms. The van der Waals surface area contributed by atoms with Crippen LogP contribution in [0.1, 0.15) is 51.6 Å². The summed E-state index contributed by atoms with van der Waals surface area (Å²) in [5.74, 6) is 1.44. The maximum Gasteiger partial charge on any atom is 0.273 e. The molecule has 2 N–H and O–H groups in total. The molecule has 1 aliphatic rings. The Balaban J connectivity index is 1.55. The topological polar surface area (TPSA) is 109 Å². The van der Waals surface area contributed by atoms with Crippen LogP contribution in [0.25, 0.3) is 11.4 Å². The molecule has 3 rings (SSSR count). The van der Waals surface area contributed by atoms with Gasteiger partial charge in [-0.25, -0.2) is 0 Å². The van der Waals surface area contributed by atoms with Gasteiger partial charge in [0.2, 0.25) is 5.91 Å². The molecule has 0 aliphatic carbocycles. The van der Waals surface area contributed by atoms with Crippen LogP contribution in [0, 0.1) is 0 Å². The number of benzene rings is 1. The van der Waals surface area contributed by atoms with Crippen molar-refractivity contribution in [3.05, 3.63) is 34.2 Å². The van der Waals surface area contributed by atoms with E-state index in [0.717, 1.165) is 26.1 Å². The zero-order chi connectivity index (χ0) is 23.6. The molecular formula is C24H35N5O4. The van der Waals surface area contributed by atoms with Gasteiger partial charge in [-0.3, -0.25) is 9.59 Å². The number of carbonyl (C=O) groups excluding carboxylic acids is 1. The predicted octanol–water partition coefficient (Wildman–Crippen LogP) is 2.55. The summed E-state index contributed by atoms with van der Waals surface area (Å²) in [6.07, 6.45) is 5.13. The summed E-state index contributed by atoms with van der Waals surface area (Å²) >= 11 is 0. The lowest BCUT2D eigenvalue weighted by molar-refractivity contribution is -0.121. The van der Waals surface area contributed by atoms with E-state index in [0.29, 0.717) is 29.4 Å². The largest absolute Gasteiger partial charge is 0.493 e. The number of methoxy groups -OCH3 is 1. The highest BCUT2D eigenvalue weighted by Crippen LogP contribution is 2.32. The van der Waals surface area contributed by atoms with E-state index in [4.69, 9.17) is 9.47 Å². The maximum absolute atomic E-state index is 12.5. The molecule has 0 spiro atoms. The maximum atomic E-state index is 12.5. The molecule has 0 radical (unpaired) electrons. The summed E-state index contributed by atoms with van der Waals surface area (Å²) in [6, 6.07) is 5.35. The smallest absolute Gasteiger partial charge is 0.273 e. The summed E-state index contributed by atoms with van der Waals surface area (Å²) in [5, 5.41) is 11.1. The van der Waals surface area contributed by atoms with Crippen LogP contribution in [0.15, 0.2) is 23.0 Å². The molecule has 0 saturated carbocycles. The van der Waals surface area contributed by atoms with Gasteiger partial charge >= 0.3 is 0 Å². The second-order valence-electron chi connectivity index (χ2n) is 8.40. The molecule has 1 aliphatic heterocycles. The summed E-state index contributed by atoms with van der Waals surface area (Å²) in [4.78, 5) is 29.8. The average molecular weight is 458 g/mol. The number of likely N-dealkylation sites (tertiary alicyclic amines) is 1. The number of piperidine rings is 1. The molecule has 1 aromatic heterocycles. The number of carbonyl (C=O) groups is 1. The van der Waals surface area contributed by atoms with Gasteiger partial charge in [-0.2, -0.15) is 0 Å². The van der Waals surface area contributed by atoms with Crippen molar-refractivity contribution in [2.45, 2.75) is 58.5 Å². The summed E-state index contributed by atoms with van der Waals surface area (Å²) in [7, 11) is 1.57. The second-order valence-corrected chi connectivity index (χ2v) is 8.40. The van der Waals surface area contributed by atoms with Crippen molar-refractivity contribution in [2.75, 3.05) is 33.3 Å². The summed E-state index contributed by atoms with van der Waals surface area (Å²) in [5.41, 5.74) is 0.559. The highest BCUT2D eigenvalue weighted by atomic mass is 16.5. The Morgan fingerprint density at radius 3 is 2.70 bits per heavy atom. The van der Waals surface area contributed by atoms with Crippen molar-refractivity contribution < 1.29 is 14.3 Å². The first-order chi connectivity index (χ1) is 16.0. The molecule has 0 bridgehead atoms. The fraction of sp³-hybridized carbons (Fsp3) is 0.583. The molecule has 9 nitrogen and oxygen atoms in total. The lowest BCUT2D eigenvalue weighted by atomic mass is 10.1. The van der Waals surface area contributed by atoms with Crippen molar-refractivity contribution in [2.24, 2.45) is 0 Å². The first-order valence-corrected chi connectivity index (χ1v) is 11.8. The number of amides is 1. The number of nitrogens with one attached hydrogen (secondary N) is 2. The number of hydrogen-bond donors (Lipinski definition) is 2. The molecule has 1 aromatic carbocycles. The molecule has 1 fully saturated rings. The Morgan fingerprint density at radius 1 is 1.21 bits per heavy atom. The Labute approximate surface area is 194 Å². The number of H-pyrrole nitrogens is 1. The van der Waals surface area contributed by atoms with E-state index in [1.54, 1.807) is 25.3 Å². The van der Waals surface area contributed by atoms with Gasteiger partial charge in [-0.1, -0.05) is 13.3 Å². The highest BCUT2D eigenvalue weighted by Gasteiger charge is 2.14. The number of ether oxygens (including phenoxy) is 2. The van der Waals surface area contributed by atoms with Gasteiger partial charge in [0.05, 0.1) is 13.2 Å². The van der Waals surface area contributed by atoms with Crippen LogP contribution in [0.5, 0.6) is 11.5 Å². The van der Waals surface area contributed by atoms with Crippen LogP contribution in [-0.2, 0) is 11.2 Å². The standard InChI is InChI=1S/C24H35N5O4/c1-4-17(2)33-20-10-8-18(16-21(20)32-3)23-26-24(31)19(27-28-23)9-11-22(30)25-12-15-29-13-6-5-7-14-29/h8,10,16-17H,4-7,9,11-15H2,1-3H3,(H,25,30)(H,26,28,31). The van der Waals surface area contributed by atoms with E-state index >= 15 is 0 Å². The monoisotopic (exact) mass is 457 g/mol. The molecule has 1 amide bonds. The van der Waals surface area contributed by atoms with E-state index in [1.807, 2.05) is 13.8 Å². The average Bonchev–Trinajstić information content (AvgIpc) is 2.84.